The zero-order valence-electron chi connectivity index (χ0n) is 13.8. The summed E-state index contributed by atoms with van der Waals surface area (Å²) < 4.78 is 1.65. The predicted molar refractivity (Wildman–Crippen MR) is 91.0 cm³/mol. The van der Waals surface area contributed by atoms with Crippen LogP contribution in [0, 0.1) is 5.92 Å². The van der Waals surface area contributed by atoms with E-state index in [0.717, 1.165) is 44.1 Å². The molecule has 4 rings (SSSR count). The van der Waals surface area contributed by atoms with E-state index < -0.39 is 0 Å². The van der Waals surface area contributed by atoms with Crippen LogP contribution < -0.4 is 5.32 Å². The summed E-state index contributed by atoms with van der Waals surface area (Å²) in [6.07, 6.45) is 6.51. The number of nitrogens with one attached hydrogen (secondary N) is 1. The minimum atomic E-state index is -0.0159. The van der Waals surface area contributed by atoms with Gasteiger partial charge in [-0.25, -0.2) is 4.68 Å². The highest BCUT2D eigenvalue weighted by atomic mass is 16.2. The number of hydrogen-bond donors (Lipinski definition) is 1. The number of carbonyl (C=O) groups is 1. The first-order valence-electron chi connectivity index (χ1n) is 8.80. The van der Waals surface area contributed by atoms with Crippen molar-refractivity contribution in [1.82, 2.24) is 25.2 Å². The third-order valence-corrected chi connectivity index (χ3v) is 4.91. The lowest BCUT2D eigenvalue weighted by Crippen LogP contribution is -2.45. The van der Waals surface area contributed by atoms with Crippen molar-refractivity contribution < 1.29 is 4.79 Å². The van der Waals surface area contributed by atoms with E-state index in [1.54, 1.807) is 10.9 Å². The molecule has 6 nitrogen and oxygen atoms in total. The Morgan fingerprint density at radius 1 is 1.12 bits per heavy atom. The maximum atomic E-state index is 12.6. The van der Waals surface area contributed by atoms with Crippen molar-refractivity contribution in [2.24, 2.45) is 5.92 Å². The van der Waals surface area contributed by atoms with Gasteiger partial charge in [0.05, 0.1) is 11.9 Å². The van der Waals surface area contributed by atoms with Crippen LogP contribution in [0.15, 0.2) is 36.5 Å². The molecule has 1 saturated heterocycles. The highest BCUT2D eigenvalue weighted by molar-refractivity contribution is 5.92. The lowest BCUT2D eigenvalue weighted by molar-refractivity contribution is 0.0699. The van der Waals surface area contributed by atoms with E-state index in [9.17, 15) is 4.79 Å². The van der Waals surface area contributed by atoms with Gasteiger partial charge in [0.25, 0.3) is 5.91 Å². The third-order valence-electron chi connectivity index (χ3n) is 4.91. The Bertz CT molecular complexity index is 686. The van der Waals surface area contributed by atoms with Gasteiger partial charge in [-0.1, -0.05) is 23.4 Å². The van der Waals surface area contributed by atoms with Gasteiger partial charge in [0.15, 0.2) is 5.69 Å². The van der Waals surface area contributed by atoms with Crippen LogP contribution in [0.25, 0.3) is 5.69 Å². The van der Waals surface area contributed by atoms with Gasteiger partial charge in [0.1, 0.15) is 0 Å². The molecule has 2 aliphatic rings. The van der Waals surface area contributed by atoms with E-state index in [0.29, 0.717) is 11.7 Å². The number of carbonyl (C=O) groups excluding carboxylic acids is 1. The molecular weight excluding hydrogens is 302 g/mol. The molecule has 1 aliphatic heterocycles. The summed E-state index contributed by atoms with van der Waals surface area (Å²) in [5, 5.41) is 11.8. The molecule has 2 aromatic rings. The predicted octanol–water partition coefficient (Wildman–Crippen LogP) is 1.87. The normalized spacial score (nSPS) is 18.8. The molecule has 1 N–H and O–H groups in total. The highest BCUT2D eigenvalue weighted by Gasteiger charge is 2.27. The lowest BCUT2D eigenvalue weighted by Gasteiger charge is -2.32. The van der Waals surface area contributed by atoms with Crippen LogP contribution in [-0.2, 0) is 0 Å². The van der Waals surface area contributed by atoms with Crippen molar-refractivity contribution in [1.29, 1.82) is 0 Å². The molecule has 6 heteroatoms. The van der Waals surface area contributed by atoms with E-state index in [1.165, 1.54) is 12.8 Å². The second kappa shape index (κ2) is 6.73. The van der Waals surface area contributed by atoms with Gasteiger partial charge in [-0.05, 0) is 50.3 Å². The summed E-state index contributed by atoms with van der Waals surface area (Å²) >= 11 is 0. The Kier molecular flexibility index (Phi) is 4.30. The summed E-state index contributed by atoms with van der Waals surface area (Å²) in [6.45, 7) is 2.72. The van der Waals surface area contributed by atoms with Gasteiger partial charge in [-0.15, -0.1) is 5.10 Å². The van der Waals surface area contributed by atoms with Gasteiger partial charge in [-0.2, -0.15) is 0 Å². The van der Waals surface area contributed by atoms with Crippen LogP contribution in [0.4, 0.5) is 0 Å². The Morgan fingerprint density at radius 3 is 2.58 bits per heavy atom. The van der Waals surface area contributed by atoms with Gasteiger partial charge < -0.3 is 10.2 Å². The molecular formula is C18H23N5O. The zero-order valence-corrected chi connectivity index (χ0v) is 13.8. The standard InChI is InChI=1S/C18H23N5O/c24-18(17-13-23(21-20-17)16-4-2-1-3-5-16)22-10-8-15(9-11-22)19-12-14-6-7-14/h1-5,13-15,19H,6-12H2. The number of likely N-dealkylation sites (tertiary alicyclic amines) is 1. The summed E-state index contributed by atoms with van der Waals surface area (Å²) in [4.78, 5) is 14.5. The van der Waals surface area contributed by atoms with Crippen LogP contribution in [0.5, 0.6) is 0 Å². The van der Waals surface area contributed by atoms with Crippen LogP contribution in [0.3, 0.4) is 0 Å². The Labute approximate surface area is 141 Å². The molecule has 0 atom stereocenters. The minimum Gasteiger partial charge on any atom is -0.337 e. The molecule has 1 aromatic carbocycles. The largest absolute Gasteiger partial charge is 0.337 e. The van der Waals surface area contributed by atoms with E-state index in [4.69, 9.17) is 0 Å². The second-order valence-electron chi connectivity index (χ2n) is 6.80. The fourth-order valence-corrected chi connectivity index (χ4v) is 3.17. The molecule has 1 aliphatic carbocycles. The van der Waals surface area contributed by atoms with E-state index in [-0.39, 0.29) is 5.91 Å². The topological polar surface area (TPSA) is 63.1 Å². The van der Waals surface area contributed by atoms with E-state index in [1.807, 2.05) is 35.2 Å². The van der Waals surface area contributed by atoms with Gasteiger partial charge in [-0.3, -0.25) is 4.79 Å². The molecule has 1 saturated carbocycles. The fourth-order valence-electron chi connectivity index (χ4n) is 3.17. The monoisotopic (exact) mass is 325 g/mol. The average molecular weight is 325 g/mol. The van der Waals surface area contributed by atoms with Crippen LogP contribution >= 0.6 is 0 Å². The fraction of sp³-hybridized carbons (Fsp3) is 0.500. The van der Waals surface area contributed by atoms with Crippen LogP contribution in [-0.4, -0.2) is 51.5 Å². The minimum absolute atomic E-state index is 0.0159. The van der Waals surface area contributed by atoms with Crippen molar-refractivity contribution in [2.45, 2.75) is 31.7 Å². The van der Waals surface area contributed by atoms with Crippen molar-refractivity contribution in [3.63, 3.8) is 0 Å². The molecule has 2 heterocycles. The van der Waals surface area contributed by atoms with Gasteiger partial charge in [0, 0.05) is 19.1 Å². The quantitative estimate of drug-likeness (QED) is 0.911. The Hall–Kier alpha value is -2.21. The SMILES string of the molecule is O=C(c1cn(-c2ccccc2)nn1)N1CCC(NCC2CC2)CC1. The molecule has 1 aromatic heterocycles. The summed E-state index contributed by atoms with van der Waals surface area (Å²) in [7, 11) is 0. The first-order valence-corrected chi connectivity index (χ1v) is 8.80. The summed E-state index contributed by atoms with van der Waals surface area (Å²) in [5.41, 5.74) is 1.33. The maximum Gasteiger partial charge on any atom is 0.276 e. The van der Waals surface area contributed by atoms with Crippen molar-refractivity contribution in [3.8, 4) is 5.69 Å². The summed E-state index contributed by atoms with van der Waals surface area (Å²) in [6, 6.07) is 10.3. The number of piperidine rings is 1. The average Bonchev–Trinajstić information content (AvgIpc) is 3.34. The van der Waals surface area contributed by atoms with Crippen molar-refractivity contribution >= 4 is 5.91 Å². The van der Waals surface area contributed by atoms with Crippen molar-refractivity contribution in [3.05, 3.63) is 42.2 Å². The Morgan fingerprint density at radius 2 is 1.88 bits per heavy atom. The lowest BCUT2D eigenvalue weighted by atomic mass is 10.0. The molecule has 1 amide bonds. The molecule has 0 bridgehead atoms. The number of benzene rings is 1. The molecule has 2 fully saturated rings. The van der Waals surface area contributed by atoms with Crippen molar-refractivity contribution in [2.75, 3.05) is 19.6 Å². The zero-order chi connectivity index (χ0) is 16.4. The molecule has 24 heavy (non-hydrogen) atoms. The van der Waals surface area contributed by atoms with E-state index in [2.05, 4.69) is 15.6 Å². The second-order valence-corrected chi connectivity index (χ2v) is 6.80. The van der Waals surface area contributed by atoms with Gasteiger partial charge in [0.2, 0.25) is 0 Å². The number of hydrogen-bond acceptors (Lipinski definition) is 4. The number of para-hydroxylation sites is 1. The maximum absolute atomic E-state index is 12.6. The van der Waals surface area contributed by atoms with Gasteiger partial charge >= 0.3 is 0 Å². The number of aromatic nitrogens is 3. The third kappa shape index (κ3) is 3.48. The van der Waals surface area contributed by atoms with E-state index >= 15 is 0 Å². The Balaban J connectivity index is 1.34. The first-order chi connectivity index (χ1) is 11.8. The highest BCUT2D eigenvalue weighted by Crippen LogP contribution is 2.28. The number of rotatable bonds is 5. The number of nitrogens with zero attached hydrogens (tertiary/aromatic N) is 4. The molecule has 126 valence electrons. The first kappa shape index (κ1) is 15.3. The smallest absolute Gasteiger partial charge is 0.276 e. The summed E-state index contributed by atoms with van der Waals surface area (Å²) in [5.74, 6) is 0.885. The van der Waals surface area contributed by atoms with Crippen LogP contribution in [0.1, 0.15) is 36.2 Å². The molecule has 0 radical (unpaired) electrons. The number of amides is 1. The molecule has 0 unspecified atom stereocenters. The molecule has 0 spiro atoms. The van der Waals surface area contributed by atoms with Crippen LogP contribution in [0.2, 0.25) is 0 Å².